The Labute approximate surface area is 203 Å². The number of rotatable bonds is 4. The van der Waals surface area contributed by atoms with Crippen molar-refractivity contribution in [2.45, 2.75) is 25.8 Å². The number of aromatic nitrogens is 1. The maximum Gasteiger partial charge on any atom is 0.434 e. The largest absolute Gasteiger partial charge is 0.492 e. The van der Waals surface area contributed by atoms with E-state index in [0.29, 0.717) is 46.8 Å². The molecule has 0 aliphatic carbocycles. The van der Waals surface area contributed by atoms with Crippen LogP contribution in [0.15, 0.2) is 30.3 Å². The van der Waals surface area contributed by atoms with E-state index in [0.717, 1.165) is 44.6 Å². The van der Waals surface area contributed by atoms with Gasteiger partial charge in [0.15, 0.2) is 0 Å². The molecule has 3 fully saturated rings. The first-order chi connectivity index (χ1) is 16.4. The topological polar surface area (TPSA) is 98.5 Å². The number of carbonyl (C=O) groups excluding carboxylic acids is 2. The van der Waals surface area contributed by atoms with Crippen LogP contribution in [-0.4, -0.2) is 80.9 Å². The average molecular weight is 489 g/mol. The average Bonchev–Trinajstić information content (AvgIpc) is 3.49. The fraction of sp³-hybridized carbons (Fsp3) is 0.500. The van der Waals surface area contributed by atoms with Crippen LogP contribution in [0.4, 0.5) is 4.79 Å². The molecule has 0 bridgehead atoms. The standard InChI is InChI=1S/C24H29ClN4O5/c25-20-10-16(23(32)27-8-2-1-3-9-27)4-5-17(20)11-26-12-18-14-28(15-19(18)13-26)24(33)34-29-21(30)6-7-22(29)31/h4-7,10,18-19,30-31H,1-3,8-9,11-15H2. The number of halogens is 1. The smallest absolute Gasteiger partial charge is 0.434 e. The zero-order valence-electron chi connectivity index (χ0n) is 18.9. The number of hydrogen-bond acceptors (Lipinski definition) is 6. The van der Waals surface area contributed by atoms with Gasteiger partial charge in [-0.2, -0.15) is 0 Å². The molecule has 3 aliphatic rings. The molecule has 182 valence electrons. The minimum Gasteiger partial charge on any atom is -0.492 e. The van der Waals surface area contributed by atoms with Crippen LogP contribution in [0.3, 0.4) is 0 Å². The molecule has 2 amide bonds. The van der Waals surface area contributed by atoms with Gasteiger partial charge in [0.2, 0.25) is 11.8 Å². The van der Waals surface area contributed by atoms with Gasteiger partial charge in [0, 0.05) is 68.5 Å². The van der Waals surface area contributed by atoms with Crippen LogP contribution in [0, 0.1) is 11.8 Å². The maximum absolute atomic E-state index is 12.7. The lowest BCUT2D eigenvalue weighted by Gasteiger charge is -2.27. The second-order valence-corrected chi connectivity index (χ2v) is 9.89. The molecule has 2 unspecified atom stereocenters. The molecule has 2 N–H and O–H groups in total. The Kier molecular flexibility index (Phi) is 6.31. The quantitative estimate of drug-likeness (QED) is 0.686. The van der Waals surface area contributed by atoms with Gasteiger partial charge in [0.1, 0.15) is 0 Å². The molecule has 0 spiro atoms. The molecule has 10 heteroatoms. The fourth-order valence-corrected chi connectivity index (χ4v) is 5.57. The van der Waals surface area contributed by atoms with Gasteiger partial charge in [-0.15, -0.1) is 4.73 Å². The summed E-state index contributed by atoms with van der Waals surface area (Å²) in [4.78, 5) is 36.2. The Morgan fingerprint density at radius 1 is 0.912 bits per heavy atom. The van der Waals surface area contributed by atoms with E-state index in [1.54, 1.807) is 11.0 Å². The molecule has 2 atom stereocenters. The van der Waals surface area contributed by atoms with E-state index in [4.69, 9.17) is 16.4 Å². The van der Waals surface area contributed by atoms with E-state index in [1.807, 2.05) is 17.0 Å². The Bertz CT molecular complexity index is 1050. The van der Waals surface area contributed by atoms with E-state index < -0.39 is 6.09 Å². The number of amides is 2. The van der Waals surface area contributed by atoms with Crippen LogP contribution in [-0.2, 0) is 6.54 Å². The highest BCUT2D eigenvalue weighted by molar-refractivity contribution is 6.31. The first-order valence-corrected chi connectivity index (χ1v) is 12.1. The van der Waals surface area contributed by atoms with Crippen LogP contribution in [0.25, 0.3) is 0 Å². The van der Waals surface area contributed by atoms with Crippen molar-refractivity contribution in [3.63, 3.8) is 0 Å². The van der Waals surface area contributed by atoms with Crippen molar-refractivity contribution in [2.75, 3.05) is 39.3 Å². The van der Waals surface area contributed by atoms with Gasteiger partial charge in [-0.3, -0.25) is 9.69 Å². The number of benzene rings is 1. The third-order valence-corrected chi connectivity index (χ3v) is 7.48. The van der Waals surface area contributed by atoms with Gasteiger partial charge in [-0.05, 0) is 48.8 Å². The monoisotopic (exact) mass is 488 g/mol. The SMILES string of the molecule is O=C(On1c(O)ccc1O)N1CC2CN(Cc3ccc(C(=O)N4CCCCC4)cc3Cl)CC2C1. The summed E-state index contributed by atoms with van der Waals surface area (Å²) in [5.41, 5.74) is 1.63. The van der Waals surface area contributed by atoms with Crippen molar-refractivity contribution in [1.82, 2.24) is 19.4 Å². The third kappa shape index (κ3) is 4.54. The minimum atomic E-state index is -0.597. The second kappa shape index (κ2) is 9.38. The highest BCUT2D eigenvalue weighted by Crippen LogP contribution is 2.33. The molecule has 3 aliphatic heterocycles. The summed E-state index contributed by atoms with van der Waals surface area (Å²) in [5.74, 6) is 0.0162. The van der Waals surface area contributed by atoms with Gasteiger partial charge < -0.3 is 24.9 Å². The van der Waals surface area contributed by atoms with E-state index in [-0.39, 0.29) is 17.7 Å². The van der Waals surface area contributed by atoms with E-state index in [2.05, 4.69) is 4.90 Å². The zero-order valence-corrected chi connectivity index (χ0v) is 19.7. The second-order valence-electron chi connectivity index (χ2n) is 9.48. The highest BCUT2D eigenvalue weighted by atomic mass is 35.5. The van der Waals surface area contributed by atoms with E-state index in [1.165, 1.54) is 18.6 Å². The van der Waals surface area contributed by atoms with Crippen molar-refractivity contribution in [2.24, 2.45) is 11.8 Å². The Morgan fingerprint density at radius 3 is 2.18 bits per heavy atom. The summed E-state index contributed by atoms with van der Waals surface area (Å²) >= 11 is 6.56. The molecule has 5 rings (SSSR count). The van der Waals surface area contributed by atoms with Gasteiger partial charge >= 0.3 is 6.09 Å². The molecule has 0 saturated carbocycles. The van der Waals surface area contributed by atoms with Gasteiger partial charge in [-0.25, -0.2) is 4.79 Å². The predicted molar refractivity (Wildman–Crippen MR) is 125 cm³/mol. The van der Waals surface area contributed by atoms with Crippen LogP contribution < -0.4 is 4.84 Å². The molecular weight excluding hydrogens is 460 g/mol. The van der Waals surface area contributed by atoms with Crippen molar-refractivity contribution in [3.8, 4) is 11.8 Å². The summed E-state index contributed by atoms with van der Waals surface area (Å²) in [6.07, 6.45) is 2.70. The number of carbonyl (C=O) groups is 2. The van der Waals surface area contributed by atoms with Crippen LogP contribution in [0.5, 0.6) is 11.8 Å². The summed E-state index contributed by atoms with van der Waals surface area (Å²) < 4.78 is 0.713. The molecule has 1 aromatic carbocycles. The van der Waals surface area contributed by atoms with Gasteiger partial charge in [0.05, 0.1) is 0 Å². The molecule has 3 saturated heterocycles. The normalized spacial score (nSPS) is 22.7. The predicted octanol–water partition coefficient (Wildman–Crippen LogP) is 2.79. The van der Waals surface area contributed by atoms with Crippen LogP contribution >= 0.6 is 11.6 Å². The summed E-state index contributed by atoms with van der Waals surface area (Å²) in [5, 5.41) is 19.9. The highest BCUT2D eigenvalue weighted by Gasteiger charge is 2.42. The molecule has 0 radical (unpaired) electrons. The molecule has 1 aromatic heterocycles. The molecule has 4 heterocycles. The number of hydrogen-bond donors (Lipinski definition) is 2. The molecule has 2 aromatic rings. The van der Waals surface area contributed by atoms with Crippen LogP contribution in [0.2, 0.25) is 5.02 Å². The first kappa shape index (κ1) is 22.9. The molecular formula is C24H29ClN4O5. The Hall–Kier alpha value is -2.91. The van der Waals surface area contributed by atoms with Crippen LogP contribution in [0.1, 0.15) is 35.2 Å². The van der Waals surface area contributed by atoms with Gasteiger partial charge in [0.25, 0.3) is 5.91 Å². The molecule has 9 nitrogen and oxygen atoms in total. The fourth-order valence-electron chi connectivity index (χ4n) is 5.33. The number of fused-ring (bicyclic) bond motifs is 1. The summed E-state index contributed by atoms with van der Waals surface area (Å²) in [6.45, 7) is 5.10. The number of nitrogens with zero attached hydrogens (tertiary/aromatic N) is 4. The van der Waals surface area contributed by atoms with Crippen molar-refractivity contribution in [1.29, 1.82) is 0 Å². The Morgan fingerprint density at radius 2 is 1.56 bits per heavy atom. The van der Waals surface area contributed by atoms with Crippen molar-refractivity contribution < 1.29 is 24.6 Å². The minimum absolute atomic E-state index is 0.0531. The zero-order chi connectivity index (χ0) is 23.8. The lowest BCUT2D eigenvalue weighted by atomic mass is 10.0. The number of aromatic hydroxyl groups is 2. The third-order valence-electron chi connectivity index (χ3n) is 7.12. The van der Waals surface area contributed by atoms with Gasteiger partial charge in [-0.1, -0.05) is 17.7 Å². The van der Waals surface area contributed by atoms with E-state index >= 15 is 0 Å². The number of likely N-dealkylation sites (tertiary alicyclic amines) is 3. The summed E-state index contributed by atoms with van der Waals surface area (Å²) in [7, 11) is 0. The Balaban J connectivity index is 1.15. The van der Waals surface area contributed by atoms with Crippen molar-refractivity contribution >= 4 is 23.6 Å². The van der Waals surface area contributed by atoms with Crippen molar-refractivity contribution in [3.05, 3.63) is 46.5 Å². The maximum atomic E-state index is 12.7. The number of piperidine rings is 1. The first-order valence-electron chi connectivity index (χ1n) is 11.8. The van der Waals surface area contributed by atoms with E-state index in [9.17, 15) is 19.8 Å². The lowest BCUT2D eigenvalue weighted by molar-refractivity contribution is 0.0724. The molecule has 34 heavy (non-hydrogen) atoms. The lowest BCUT2D eigenvalue weighted by Crippen LogP contribution is -2.37. The summed E-state index contributed by atoms with van der Waals surface area (Å²) in [6, 6.07) is 8.11.